The molecule has 0 aliphatic carbocycles. The first-order chi connectivity index (χ1) is 9.19. The predicted octanol–water partition coefficient (Wildman–Crippen LogP) is 4.62. The SMILES string of the molecule is CCNc1nc(CSc2ccc(Cl)cc2)ncc1Br. The van der Waals surface area contributed by atoms with E-state index in [2.05, 4.69) is 31.2 Å². The van der Waals surface area contributed by atoms with Crippen LogP contribution in [0.1, 0.15) is 12.7 Å². The van der Waals surface area contributed by atoms with Crippen LogP contribution >= 0.6 is 39.3 Å². The molecule has 0 unspecified atom stereocenters. The number of aromatic nitrogens is 2. The van der Waals surface area contributed by atoms with Crippen LogP contribution in [-0.4, -0.2) is 16.5 Å². The van der Waals surface area contributed by atoms with Gasteiger partial charge in [0.1, 0.15) is 11.6 Å². The van der Waals surface area contributed by atoms with Gasteiger partial charge in [-0.15, -0.1) is 11.8 Å². The van der Waals surface area contributed by atoms with E-state index in [1.807, 2.05) is 31.2 Å². The van der Waals surface area contributed by atoms with Gasteiger partial charge in [-0.2, -0.15) is 0 Å². The molecule has 0 atom stereocenters. The van der Waals surface area contributed by atoms with E-state index in [1.54, 1.807) is 18.0 Å². The van der Waals surface area contributed by atoms with Crippen molar-refractivity contribution in [1.82, 2.24) is 9.97 Å². The fraction of sp³-hybridized carbons (Fsp3) is 0.231. The molecule has 0 bridgehead atoms. The van der Waals surface area contributed by atoms with Crippen molar-refractivity contribution < 1.29 is 0 Å². The second-order valence-corrected chi connectivity index (χ2v) is 6.10. The van der Waals surface area contributed by atoms with Crippen LogP contribution < -0.4 is 5.32 Å². The lowest BCUT2D eigenvalue weighted by Crippen LogP contribution is -2.03. The first-order valence-corrected chi connectivity index (χ1v) is 7.98. The largest absolute Gasteiger partial charge is 0.369 e. The van der Waals surface area contributed by atoms with Gasteiger partial charge in [0, 0.05) is 22.7 Å². The van der Waals surface area contributed by atoms with Gasteiger partial charge in [-0.25, -0.2) is 9.97 Å². The lowest BCUT2D eigenvalue weighted by Gasteiger charge is -2.07. The molecule has 0 saturated carbocycles. The molecule has 0 saturated heterocycles. The fourth-order valence-electron chi connectivity index (χ4n) is 1.44. The zero-order valence-electron chi connectivity index (χ0n) is 10.4. The maximum absolute atomic E-state index is 5.85. The minimum atomic E-state index is 0.729. The van der Waals surface area contributed by atoms with Crippen molar-refractivity contribution >= 4 is 45.1 Å². The molecule has 2 aromatic rings. The Bertz CT molecular complexity index is 548. The van der Waals surface area contributed by atoms with Crippen LogP contribution in [0.5, 0.6) is 0 Å². The molecular formula is C13H13BrClN3S. The molecular weight excluding hydrogens is 346 g/mol. The van der Waals surface area contributed by atoms with Gasteiger partial charge in [0.05, 0.1) is 10.2 Å². The third-order valence-corrected chi connectivity index (χ3v) is 4.16. The molecule has 0 fully saturated rings. The highest BCUT2D eigenvalue weighted by Gasteiger charge is 2.05. The predicted molar refractivity (Wildman–Crippen MR) is 84.9 cm³/mol. The summed E-state index contributed by atoms with van der Waals surface area (Å²) >= 11 is 11.0. The Morgan fingerprint density at radius 2 is 2.05 bits per heavy atom. The highest BCUT2D eigenvalue weighted by atomic mass is 79.9. The first kappa shape index (κ1) is 14.6. The second kappa shape index (κ2) is 7.12. The van der Waals surface area contributed by atoms with E-state index in [4.69, 9.17) is 11.6 Å². The lowest BCUT2D eigenvalue weighted by molar-refractivity contribution is 1.01. The smallest absolute Gasteiger partial charge is 0.144 e. The molecule has 0 aliphatic rings. The van der Waals surface area contributed by atoms with Gasteiger partial charge >= 0.3 is 0 Å². The summed E-state index contributed by atoms with van der Waals surface area (Å²) in [6.07, 6.45) is 1.78. The van der Waals surface area contributed by atoms with Crippen LogP contribution in [0.2, 0.25) is 5.02 Å². The van der Waals surface area contributed by atoms with Gasteiger partial charge in [-0.05, 0) is 47.1 Å². The molecule has 1 heterocycles. The molecule has 3 nitrogen and oxygen atoms in total. The van der Waals surface area contributed by atoms with Crippen molar-refractivity contribution in [2.75, 3.05) is 11.9 Å². The van der Waals surface area contributed by atoms with E-state index in [9.17, 15) is 0 Å². The van der Waals surface area contributed by atoms with Crippen LogP contribution in [0, 0.1) is 0 Å². The summed E-state index contributed by atoms with van der Waals surface area (Å²) < 4.78 is 0.884. The Morgan fingerprint density at radius 1 is 1.32 bits per heavy atom. The Hall–Kier alpha value is -0.780. The highest BCUT2D eigenvalue weighted by Crippen LogP contribution is 2.25. The number of hydrogen-bond donors (Lipinski definition) is 1. The average molecular weight is 359 g/mol. The molecule has 6 heteroatoms. The monoisotopic (exact) mass is 357 g/mol. The maximum atomic E-state index is 5.85. The van der Waals surface area contributed by atoms with Crippen LogP contribution in [0.4, 0.5) is 5.82 Å². The molecule has 1 N–H and O–H groups in total. The number of hydrogen-bond acceptors (Lipinski definition) is 4. The number of thioether (sulfide) groups is 1. The van der Waals surface area contributed by atoms with Crippen LogP contribution in [0.25, 0.3) is 0 Å². The summed E-state index contributed by atoms with van der Waals surface area (Å²) in [4.78, 5) is 9.94. The molecule has 1 aromatic heterocycles. The molecule has 19 heavy (non-hydrogen) atoms. The summed E-state index contributed by atoms with van der Waals surface area (Å²) in [5.74, 6) is 2.37. The summed E-state index contributed by atoms with van der Waals surface area (Å²) in [6.45, 7) is 2.87. The van der Waals surface area contributed by atoms with E-state index in [-0.39, 0.29) is 0 Å². The van der Waals surface area contributed by atoms with Crippen molar-refractivity contribution in [2.24, 2.45) is 0 Å². The van der Waals surface area contributed by atoms with Crippen LogP contribution in [0.15, 0.2) is 39.8 Å². The van der Waals surface area contributed by atoms with Gasteiger partial charge in [0.25, 0.3) is 0 Å². The van der Waals surface area contributed by atoms with Crippen LogP contribution in [0.3, 0.4) is 0 Å². The quantitative estimate of drug-likeness (QED) is 0.792. The Labute approximate surface area is 130 Å². The van der Waals surface area contributed by atoms with E-state index in [1.165, 1.54) is 0 Å². The van der Waals surface area contributed by atoms with Crippen molar-refractivity contribution in [3.8, 4) is 0 Å². The lowest BCUT2D eigenvalue weighted by atomic mass is 10.4. The molecule has 1 aromatic carbocycles. The zero-order valence-corrected chi connectivity index (χ0v) is 13.5. The summed E-state index contributed by atoms with van der Waals surface area (Å²) in [6, 6.07) is 7.76. The van der Waals surface area contributed by atoms with E-state index >= 15 is 0 Å². The molecule has 0 amide bonds. The Kier molecular flexibility index (Phi) is 5.48. The molecule has 0 radical (unpaired) electrons. The topological polar surface area (TPSA) is 37.8 Å². The number of nitrogens with one attached hydrogen (secondary N) is 1. The normalized spacial score (nSPS) is 10.5. The van der Waals surface area contributed by atoms with Crippen LogP contribution in [-0.2, 0) is 5.75 Å². The molecule has 0 spiro atoms. The van der Waals surface area contributed by atoms with E-state index < -0.39 is 0 Å². The first-order valence-electron chi connectivity index (χ1n) is 5.82. The second-order valence-electron chi connectivity index (χ2n) is 3.76. The van der Waals surface area contributed by atoms with Gasteiger partial charge in [-0.1, -0.05) is 11.6 Å². The Balaban J connectivity index is 2.03. The molecule has 0 aliphatic heterocycles. The van der Waals surface area contributed by atoms with Crippen molar-refractivity contribution in [2.45, 2.75) is 17.6 Å². The van der Waals surface area contributed by atoms with Crippen molar-refractivity contribution in [3.05, 3.63) is 45.8 Å². The van der Waals surface area contributed by atoms with E-state index in [0.29, 0.717) is 0 Å². The zero-order chi connectivity index (χ0) is 13.7. The number of nitrogens with zero attached hydrogens (tertiary/aromatic N) is 2. The third-order valence-electron chi connectivity index (χ3n) is 2.32. The van der Waals surface area contributed by atoms with Gasteiger partial charge in [0.15, 0.2) is 0 Å². The number of halogens is 2. The minimum Gasteiger partial charge on any atom is -0.369 e. The number of rotatable bonds is 5. The van der Waals surface area contributed by atoms with Gasteiger partial charge in [0.2, 0.25) is 0 Å². The standard InChI is InChI=1S/C13H13BrClN3S/c1-2-16-13-11(14)7-17-12(18-13)8-19-10-5-3-9(15)4-6-10/h3-7H,2,8H2,1H3,(H,16,17,18). The van der Waals surface area contributed by atoms with Crippen molar-refractivity contribution in [1.29, 1.82) is 0 Å². The van der Waals surface area contributed by atoms with E-state index in [0.717, 1.165) is 38.3 Å². The number of anilines is 1. The minimum absolute atomic E-state index is 0.729. The summed E-state index contributed by atoms with van der Waals surface area (Å²) in [7, 11) is 0. The third kappa shape index (κ3) is 4.37. The highest BCUT2D eigenvalue weighted by molar-refractivity contribution is 9.10. The van der Waals surface area contributed by atoms with Crippen molar-refractivity contribution in [3.63, 3.8) is 0 Å². The summed E-state index contributed by atoms with van der Waals surface area (Å²) in [5, 5.41) is 3.95. The van der Waals surface area contributed by atoms with Gasteiger partial charge < -0.3 is 5.32 Å². The van der Waals surface area contributed by atoms with Gasteiger partial charge in [-0.3, -0.25) is 0 Å². The fourth-order valence-corrected chi connectivity index (χ4v) is 2.66. The molecule has 2 rings (SSSR count). The summed E-state index contributed by atoms with van der Waals surface area (Å²) in [5.41, 5.74) is 0. The Morgan fingerprint density at radius 3 is 2.74 bits per heavy atom. The maximum Gasteiger partial charge on any atom is 0.144 e. The number of benzene rings is 1. The molecule has 100 valence electrons. The average Bonchev–Trinajstić information content (AvgIpc) is 2.42.